The second-order valence-electron chi connectivity index (χ2n) is 4.79. The summed E-state index contributed by atoms with van der Waals surface area (Å²) in [6.45, 7) is 2.81. The number of anilines is 2. The number of fused-ring (bicyclic) bond motifs is 1. The van der Waals surface area contributed by atoms with Crippen LogP contribution in [0.3, 0.4) is 0 Å². The zero-order chi connectivity index (χ0) is 14.0. The Kier molecular flexibility index (Phi) is 3.80. The summed E-state index contributed by atoms with van der Waals surface area (Å²) in [7, 11) is -3.28. The summed E-state index contributed by atoms with van der Waals surface area (Å²) >= 11 is 0. The number of carbonyl (C=O) groups is 1. The first kappa shape index (κ1) is 13.9. The second-order valence-corrected chi connectivity index (χ2v) is 6.54. The van der Waals surface area contributed by atoms with Crippen LogP contribution in [0.2, 0.25) is 0 Å². The largest absolute Gasteiger partial charge is 0.312 e. The van der Waals surface area contributed by atoms with E-state index >= 15 is 0 Å². The Bertz CT molecular complexity index is 596. The minimum absolute atomic E-state index is 0.0833. The van der Waals surface area contributed by atoms with Crippen LogP contribution in [0, 0.1) is 0 Å². The van der Waals surface area contributed by atoms with E-state index in [-0.39, 0.29) is 5.91 Å². The van der Waals surface area contributed by atoms with Crippen molar-refractivity contribution in [1.82, 2.24) is 0 Å². The van der Waals surface area contributed by atoms with Crippen molar-refractivity contribution in [3.63, 3.8) is 0 Å². The number of hydrogen-bond acceptors (Lipinski definition) is 3. The fourth-order valence-electron chi connectivity index (χ4n) is 2.22. The molecule has 1 aromatic carbocycles. The highest BCUT2D eigenvalue weighted by Gasteiger charge is 2.26. The third-order valence-corrected chi connectivity index (χ3v) is 3.66. The summed E-state index contributed by atoms with van der Waals surface area (Å²) < 4.78 is 24.8. The Morgan fingerprint density at radius 2 is 2.11 bits per heavy atom. The molecular weight excluding hydrogens is 264 g/mol. The summed E-state index contributed by atoms with van der Waals surface area (Å²) in [6, 6.07) is 5.24. The molecule has 6 heteroatoms. The van der Waals surface area contributed by atoms with Crippen LogP contribution >= 0.6 is 0 Å². The molecule has 2 rings (SSSR count). The highest BCUT2D eigenvalue weighted by molar-refractivity contribution is 7.92. The van der Waals surface area contributed by atoms with Crippen molar-refractivity contribution in [3.05, 3.63) is 23.8 Å². The van der Waals surface area contributed by atoms with Gasteiger partial charge in [-0.05, 0) is 30.2 Å². The van der Waals surface area contributed by atoms with Gasteiger partial charge in [0, 0.05) is 17.9 Å². The summed E-state index contributed by atoms with van der Waals surface area (Å²) in [5, 5.41) is 0. The van der Waals surface area contributed by atoms with Crippen LogP contribution in [0.25, 0.3) is 0 Å². The average Bonchev–Trinajstić information content (AvgIpc) is 2.59. The summed E-state index contributed by atoms with van der Waals surface area (Å²) in [4.78, 5) is 13.7. The molecule has 0 unspecified atom stereocenters. The topological polar surface area (TPSA) is 66.5 Å². The van der Waals surface area contributed by atoms with E-state index in [4.69, 9.17) is 0 Å². The molecule has 1 aliphatic rings. The molecule has 0 radical (unpaired) electrons. The number of amides is 1. The Hall–Kier alpha value is -1.56. The van der Waals surface area contributed by atoms with Crippen molar-refractivity contribution in [2.75, 3.05) is 22.4 Å². The number of rotatable bonds is 5. The average molecular weight is 282 g/mol. The van der Waals surface area contributed by atoms with E-state index in [2.05, 4.69) is 11.6 Å². The number of nitrogens with zero attached hydrogens (tertiary/aromatic N) is 1. The molecule has 0 atom stereocenters. The number of nitrogens with one attached hydrogen (secondary N) is 1. The lowest BCUT2D eigenvalue weighted by Crippen LogP contribution is -2.27. The fraction of sp³-hybridized carbons (Fsp3) is 0.462. The number of unbranched alkanes of at least 4 members (excludes halogenated alkanes) is 1. The molecule has 0 spiro atoms. The summed E-state index contributed by atoms with van der Waals surface area (Å²) in [6.07, 6.45) is 3.46. The fourth-order valence-corrected chi connectivity index (χ4v) is 2.78. The van der Waals surface area contributed by atoms with Crippen molar-refractivity contribution in [2.24, 2.45) is 0 Å². The quantitative estimate of drug-likeness (QED) is 0.894. The third kappa shape index (κ3) is 3.26. The highest BCUT2D eigenvalue weighted by atomic mass is 32.2. The van der Waals surface area contributed by atoms with Gasteiger partial charge in [-0.2, -0.15) is 0 Å². The van der Waals surface area contributed by atoms with Gasteiger partial charge in [0.2, 0.25) is 15.9 Å². The van der Waals surface area contributed by atoms with Gasteiger partial charge in [-0.15, -0.1) is 0 Å². The molecule has 5 nitrogen and oxygen atoms in total. The van der Waals surface area contributed by atoms with Gasteiger partial charge in [0.1, 0.15) is 0 Å². The normalized spacial score (nSPS) is 14.6. The van der Waals surface area contributed by atoms with Gasteiger partial charge in [-0.25, -0.2) is 8.42 Å². The van der Waals surface area contributed by atoms with Crippen LogP contribution in [0.4, 0.5) is 11.4 Å². The van der Waals surface area contributed by atoms with Crippen molar-refractivity contribution in [3.8, 4) is 0 Å². The Labute approximate surface area is 113 Å². The van der Waals surface area contributed by atoms with E-state index in [0.29, 0.717) is 12.1 Å². The maximum absolute atomic E-state index is 11.9. The second kappa shape index (κ2) is 5.21. The molecule has 1 amide bonds. The van der Waals surface area contributed by atoms with Crippen molar-refractivity contribution >= 4 is 27.3 Å². The molecule has 0 saturated heterocycles. The third-order valence-electron chi connectivity index (χ3n) is 3.05. The van der Waals surface area contributed by atoms with Crippen molar-refractivity contribution in [1.29, 1.82) is 0 Å². The van der Waals surface area contributed by atoms with E-state index in [0.717, 1.165) is 36.9 Å². The number of carbonyl (C=O) groups excluding carboxylic acids is 1. The van der Waals surface area contributed by atoms with Crippen molar-refractivity contribution in [2.45, 2.75) is 26.2 Å². The number of benzene rings is 1. The molecule has 104 valence electrons. The minimum atomic E-state index is -3.28. The van der Waals surface area contributed by atoms with E-state index in [9.17, 15) is 13.2 Å². The zero-order valence-corrected chi connectivity index (χ0v) is 12.0. The molecule has 0 fully saturated rings. The first-order chi connectivity index (χ1) is 8.90. The molecule has 1 heterocycles. The van der Waals surface area contributed by atoms with E-state index in [1.165, 1.54) is 0 Å². The smallest absolute Gasteiger partial charge is 0.231 e. The van der Waals surface area contributed by atoms with Gasteiger partial charge in [-0.1, -0.05) is 13.3 Å². The van der Waals surface area contributed by atoms with Gasteiger partial charge in [-0.3, -0.25) is 9.52 Å². The maximum Gasteiger partial charge on any atom is 0.231 e. The molecule has 0 saturated carbocycles. The lowest BCUT2D eigenvalue weighted by molar-refractivity contribution is -0.117. The molecule has 0 bridgehead atoms. The minimum Gasteiger partial charge on any atom is -0.312 e. The standard InChI is InChI=1S/C13H18N2O3S/c1-3-4-7-15-12-6-5-11(14-19(2,17)18)8-10(12)9-13(15)16/h5-6,8,14H,3-4,7,9H2,1-2H3. The molecule has 19 heavy (non-hydrogen) atoms. The monoisotopic (exact) mass is 282 g/mol. The zero-order valence-electron chi connectivity index (χ0n) is 11.1. The van der Waals surface area contributed by atoms with Crippen molar-refractivity contribution < 1.29 is 13.2 Å². The van der Waals surface area contributed by atoms with E-state index < -0.39 is 10.0 Å². The first-order valence-electron chi connectivity index (χ1n) is 6.32. The highest BCUT2D eigenvalue weighted by Crippen LogP contribution is 2.31. The van der Waals surface area contributed by atoms with Gasteiger partial charge >= 0.3 is 0 Å². The molecule has 0 aliphatic carbocycles. The van der Waals surface area contributed by atoms with Gasteiger partial charge < -0.3 is 4.90 Å². The predicted molar refractivity (Wildman–Crippen MR) is 75.9 cm³/mol. The first-order valence-corrected chi connectivity index (χ1v) is 8.21. The Morgan fingerprint density at radius 1 is 1.37 bits per heavy atom. The predicted octanol–water partition coefficient (Wildman–Crippen LogP) is 1.75. The van der Waals surface area contributed by atoms with E-state index in [1.807, 2.05) is 6.07 Å². The van der Waals surface area contributed by atoms with E-state index in [1.54, 1.807) is 17.0 Å². The van der Waals surface area contributed by atoms with Crippen LogP contribution in [-0.2, 0) is 21.2 Å². The van der Waals surface area contributed by atoms with Gasteiger partial charge in [0.05, 0.1) is 12.7 Å². The van der Waals surface area contributed by atoms with Gasteiger partial charge in [0.15, 0.2) is 0 Å². The molecule has 1 N–H and O–H groups in total. The maximum atomic E-state index is 11.9. The summed E-state index contributed by atoms with van der Waals surface area (Å²) in [5.74, 6) is 0.0833. The van der Waals surface area contributed by atoms with Crippen LogP contribution < -0.4 is 9.62 Å². The van der Waals surface area contributed by atoms with Crippen LogP contribution in [0.5, 0.6) is 0 Å². The van der Waals surface area contributed by atoms with Crippen LogP contribution in [0.1, 0.15) is 25.3 Å². The Morgan fingerprint density at radius 3 is 2.74 bits per heavy atom. The molecular formula is C13H18N2O3S. The SMILES string of the molecule is CCCCN1C(=O)Cc2cc(NS(C)(=O)=O)ccc21. The Balaban J connectivity index is 2.24. The van der Waals surface area contributed by atoms with Crippen LogP contribution in [-0.4, -0.2) is 27.1 Å². The number of sulfonamides is 1. The lowest BCUT2D eigenvalue weighted by Gasteiger charge is -2.17. The summed E-state index contributed by atoms with van der Waals surface area (Å²) in [5.41, 5.74) is 2.29. The molecule has 1 aromatic rings. The molecule has 0 aromatic heterocycles. The number of hydrogen-bond donors (Lipinski definition) is 1. The lowest BCUT2D eigenvalue weighted by atomic mass is 10.1. The van der Waals surface area contributed by atoms with Crippen LogP contribution in [0.15, 0.2) is 18.2 Å². The molecule has 1 aliphatic heterocycles. The van der Waals surface area contributed by atoms with Gasteiger partial charge in [0.25, 0.3) is 0 Å².